The first-order valence-electron chi connectivity index (χ1n) is 15.6. The molecule has 1 unspecified atom stereocenters. The topological polar surface area (TPSA) is 114 Å². The van der Waals surface area contributed by atoms with Crippen molar-refractivity contribution in [3.05, 3.63) is 112 Å². The van der Waals surface area contributed by atoms with Gasteiger partial charge in [0.25, 0.3) is 0 Å². The highest BCUT2D eigenvalue weighted by molar-refractivity contribution is 6.32. The largest absolute Gasteiger partial charge is 0.488 e. The van der Waals surface area contributed by atoms with Gasteiger partial charge in [0.15, 0.2) is 0 Å². The minimum Gasteiger partial charge on any atom is -0.488 e. The first-order chi connectivity index (χ1) is 22.7. The van der Waals surface area contributed by atoms with Crippen molar-refractivity contribution in [2.45, 2.75) is 77.5 Å². The van der Waals surface area contributed by atoms with Crippen LogP contribution in [-0.4, -0.2) is 34.3 Å². The third kappa shape index (κ3) is 8.09. The molecule has 2 N–H and O–H groups in total. The van der Waals surface area contributed by atoms with Gasteiger partial charge in [0.05, 0.1) is 22.8 Å². The summed E-state index contributed by atoms with van der Waals surface area (Å²) in [5.41, 5.74) is 5.10. The number of rotatable bonds is 13. The van der Waals surface area contributed by atoms with Crippen LogP contribution in [0, 0.1) is 17.1 Å². The van der Waals surface area contributed by atoms with Crippen molar-refractivity contribution in [2.75, 3.05) is 0 Å². The second-order valence-electron chi connectivity index (χ2n) is 11.6. The molecule has 0 spiro atoms. The zero-order chi connectivity index (χ0) is 33.5. The number of aromatic nitrogens is 1. The van der Waals surface area contributed by atoms with E-state index in [9.17, 15) is 19.6 Å². The first-order valence-corrected chi connectivity index (χ1v) is 16.0. The van der Waals surface area contributed by atoms with Crippen molar-refractivity contribution in [3.8, 4) is 28.7 Å². The van der Waals surface area contributed by atoms with Crippen molar-refractivity contribution in [1.29, 1.82) is 5.26 Å². The van der Waals surface area contributed by atoms with Crippen molar-refractivity contribution in [2.24, 2.45) is 0 Å². The third-order valence-electron chi connectivity index (χ3n) is 8.22. The number of aliphatic hydroxyl groups is 1. The van der Waals surface area contributed by atoms with Gasteiger partial charge in [-0.15, -0.1) is 0 Å². The molecule has 4 atom stereocenters. The van der Waals surface area contributed by atoms with Gasteiger partial charge in [-0.3, -0.25) is 15.1 Å². The molecule has 10 heteroatoms. The number of hydrogen-bond donors (Lipinski definition) is 2. The Hall–Kier alpha value is -4.49. The lowest BCUT2D eigenvalue weighted by Crippen LogP contribution is -2.46. The Morgan fingerprint density at radius 1 is 1.13 bits per heavy atom. The van der Waals surface area contributed by atoms with E-state index in [2.05, 4.69) is 16.4 Å². The van der Waals surface area contributed by atoms with E-state index in [1.807, 2.05) is 31.2 Å². The van der Waals surface area contributed by atoms with Gasteiger partial charge in [0.1, 0.15) is 42.1 Å². The van der Waals surface area contributed by atoms with Crippen molar-refractivity contribution >= 4 is 17.6 Å². The number of fused-ring (bicyclic) bond motifs is 1. The van der Waals surface area contributed by atoms with E-state index in [1.54, 1.807) is 43.5 Å². The normalized spacial score (nSPS) is 15.6. The van der Waals surface area contributed by atoms with E-state index < -0.39 is 18.1 Å². The molecule has 3 aromatic carbocycles. The summed E-state index contributed by atoms with van der Waals surface area (Å²) in [4.78, 5) is 16.9. The van der Waals surface area contributed by atoms with Gasteiger partial charge in [-0.2, -0.15) is 5.26 Å². The Bertz CT molecular complexity index is 1780. The van der Waals surface area contributed by atoms with E-state index in [4.69, 9.17) is 25.8 Å². The van der Waals surface area contributed by atoms with Crippen LogP contribution in [0.1, 0.15) is 67.5 Å². The van der Waals surface area contributed by atoms with E-state index in [0.717, 1.165) is 16.7 Å². The van der Waals surface area contributed by atoms with Gasteiger partial charge in [-0.1, -0.05) is 54.9 Å². The van der Waals surface area contributed by atoms with Crippen LogP contribution >= 0.6 is 11.6 Å². The van der Waals surface area contributed by atoms with Crippen LogP contribution in [0.25, 0.3) is 11.1 Å². The fourth-order valence-corrected chi connectivity index (χ4v) is 5.81. The average molecular weight is 658 g/mol. The standard InChI is InChI=1S/C37H37ClFN3O5/c1-4-22(2)46-37(44)36(23(3)43)42-20-26-15-31(38)35(16-34(26)45-21-25-14-24(17-40)18-41-19-25)47-33-13-12-28-27(9-7-10-30(28)33)29-8-5-6-11-32(29)39/h5-11,14-16,18-19,22-23,33,36,42-43H,4,12-13,20-21H2,1-3H3/t22?,23-,33+,36+/m1/s1. The molecule has 0 radical (unpaired) electrons. The lowest BCUT2D eigenvalue weighted by Gasteiger charge is -2.23. The predicted molar refractivity (Wildman–Crippen MR) is 176 cm³/mol. The highest BCUT2D eigenvalue weighted by Crippen LogP contribution is 2.43. The maximum Gasteiger partial charge on any atom is 0.326 e. The van der Waals surface area contributed by atoms with Gasteiger partial charge in [-0.05, 0) is 68.0 Å². The molecule has 1 heterocycles. The van der Waals surface area contributed by atoms with Crippen LogP contribution in [0.15, 0.2) is 73.1 Å². The average Bonchev–Trinajstić information content (AvgIpc) is 3.48. The number of benzene rings is 3. The molecule has 5 rings (SSSR count). The molecule has 1 aromatic heterocycles. The molecule has 8 nitrogen and oxygen atoms in total. The Labute approximate surface area is 279 Å². The van der Waals surface area contributed by atoms with Crippen molar-refractivity contribution in [1.82, 2.24) is 10.3 Å². The molecule has 244 valence electrons. The van der Waals surface area contributed by atoms with Crippen molar-refractivity contribution in [3.63, 3.8) is 0 Å². The minimum atomic E-state index is -1.02. The monoisotopic (exact) mass is 657 g/mol. The Morgan fingerprint density at radius 3 is 2.66 bits per heavy atom. The number of nitrogens with one attached hydrogen (secondary N) is 1. The molecule has 0 amide bonds. The lowest BCUT2D eigenvalue weighted by atomic mass is 9.96. The summed E-state index contributed by atoms with van der Waals surface area (Å²) in [5.74, 6) is -0.0124. The molecular weight excluding hydrogens is 621 g/mol. The van der Waals surface area contributed by atoms with E-state index in [0.29, 0.717) is 58.0 Å². The minimum absolute atomic E-state index is 0.102. The summed E-state index contributed by atoms with van der Waals surface area (Å²) < 4.78 is 32.9. The first kappa shape index (κ1) is 33.9. The van der Waals surface area contributed by atoms with Gasteiger partial charge in [-0.25, -0.2) is 4.39 Å². The summed E-state index contributed by atoms with van der Waals surface area (Å²) >= 11 is 6.79. The Morgan fingerprint density at radius 2 is 1.91 bits per heavy atom. The smallest absolute Gasteiger partial charge is 0.326 e. The number of hydrogen-bond acceptors (Lipinski definition) is 8. The molecule has 0 bridgehead atoms. The van der Waals surface area contributed by atoms with Crippen LogP contribution in [-0.2, 0) is 29.1 Å². The summed E-state index contributed by atoms with van der Waals surface area (Å²) in [7, 11) is 0. The van der Waals surface area contributed by atoms with E-state index in [1.165, 1.54) is 19.2 Å². The third-order valence-corrected chi connectivity index (χ3v) is 8.52. The molecular formula is C37H37ClFN3O5. The van der Waals surface area contributed by atoms with E-state index >= 15 is 0 Å². The second kappa shape index (κ2) is 15.4. The maximum atomic E-state index is 14.7. The van der Waals surface area contributed by atoms with Crippen LogP contribution in [0.3, 0.4) is 0 Å². The number of carbonyl (C=O) groups is 1. The number of carbonyl (C=O) groups excluding carboxylic acids is 1. The Balaban J connectivity index is 1.42. The zero-order valence-electron chi connectivity index (χ0n) is 26.5. The molecule has 0 aliphatic heterocycles. The maximum absolute atomic E-state index is 14.7. The van der Waals surface area contributed by atoms with Crippen LogP contribution in [0.5, 0.6) is 11.5 Å². The Kier molecular flexibility index (Phi) is 11.1. The molecule has 4 aromatic rings. The fraction of sp³-hybridized carbons (Fsp3) is 0.324. The van der Waals surface area contributed by atoms with Crippen molar-refractivity contribution < 1.29 is 28.5 Å². The number of esters is 1. The van der Waals surface area contributed by atoms with Gasteiger partial charge < -0.3 is 19.3 Å². The highest BCUT2D eigenvalue weighted by atomic mass is 35.5. The van der Waals surface area contributed by atoms with Gasteiger partial charge in [0.2, 0.25) is 0 Å². The van der Waals surface area contributed by atoms with Gasteiger partial charge >= 0.3 is 5.97 Å². The lowest BCUT2D eigenvalue weighted by molar-refractivity contribution is -0.153. The predicted octanol–water partition coefficient (Wildman–Crippen LogP) is 7.24. The number of ether oxygens (including phenoxy) is 3. The van der Waals surface area contributed by atoms with Crippen LogP contribution < -0.4 is 14.8 Å². The van der Waals surface area contributed by atoms with Crippen LogP contribution in [0.4, 0.5) is 4.39 Å². The quantitative estimate of drug-likeness (QED) is 0.145. The SMILES string of the molecule is CCC(C)OC(=O)[C@@H](NCc1cc(Cl)c(O[C@H]2CCc3c(-c4ccccc4F)cccc32)cc1OCc1cncc(C#N)c1)[C@@H](C)O. The molecule has 1 aliphatic rings. The molecule has 0 saturated carbocycles. The highest BCUT2D eigenvalue weighted by Gasteiger charge is 2.29. The summed E-state index contributed by atoms with van der Waals surface area (Å²) in [5, 5.41) is 23.1. The number of aliphatic hydroxyl groups excluding tert-OH is 1. The van der Waals surface area contributed by atoms with Crippen LogP contribution in [0.2, 0.25) is 5.02 Å². The van der Waals surface area contributed by atoms with E-state index in [-0.39, 0.29) is 31.2 Å². The molecule has 1 aliphatic carbocycles. The van der Waals surface area contributed by atoms with Gasteiger partial charge in [0, 0.05) is 41.7 Å². The summed E-state index contributed by atoms with van der Waals surface area (Å²) in [6.45, 7) is 5.44. The molecule has 0 saturated heterocycles. The number of pyridine rings is 1. The number of halogens is 2. The molecule has 0 fully saturated rings. The number of nitrogens with zero attached hydrogens (tertiary/aromatic N) is 2. The number of nitriles is 1. The molecule has 47 heavy (non-hydrogen) atoms. The summed E-state index contributed by atoms with van der Waals surface area (Å²) in [6, 6.07) is 18.7. The fourth-order valence-electron chi connectivity index (χ4n) is 5.58. The second-order valence-corrected chi connectivity index (χ2v) is 12.0. The zero-order valence-corrected chi connectivity index (χ0v) is 27.3. The summed E-state index contributed by atoms with van der Waals surface area (Å²) in [6.07, 6.45) is 3.48.